The lowest BCUT2D eigenvalue weighted by atomic mass is 9.87. The van der Waals surface area contributed by atoms with Crippen LogP contribution in [0.5, 0.6) is 0 Å². The second-order valence-corrected chi connectivity index (χ2v) is 32.9. The highest BCUT2D eigenvalue weighted by Crippen LogP contribution is 2.33. The summed E-state index contributed by atoms with van der Waals surface area (Å²) in [6, 6.07) is 34.0. The standard InChI is InChI=1S/C22H24FN3O2.C20H19ClN4O2.C20H23ClN4O2.C18H18FN3O3.C18H19N3O2/c23-17-6-7-21-19(13-17)20(12-16-14-24-10-8-18(16)22(27)28)25-26(21)11-9-15-4-2-1-3-5-15;1-24(2)9-3-4-10-25-19-6-5-15(21)12-17(19)18(23-25)11-14-13-22-8-7-16(14)20(26)27;1-22-8-3-2-4-10-25-19-6-5-15(21)12-17(19)18(24-25)11-14-13-23-9-7-16(14)20(26)27;1-2-13(23)10-22-17-4-3-12(19)8-15(17)16(21-22)7-11-9-20-6-5-14(11)18(24)25;1-3-9-21-17-12(2)5-4-6-15(17)16(20-21)10-13-11-19-8-7-14(13)18(22)23/h6-8,10,13-15H,1-5,9,11-12H2,(H,27,28);5-8,12-13H,9-11H2,1-2H3,(H,26,27);5-7,9,12-13,22H,2-4,8,10-11H2,1H3,(H,26,27);3-6,8-9,13,23H,2,7,10H2,1H3,(H,24,25);4-8,11H,3,9-10H2,1-2H3,(H,22,23). The molecular weight excluding hydrogens is 1700 g/mol. The lowest BCUT2D eigenvalue weighted by Gasteiger charge is -2.21. The van der Waals surface area contributed by atoms with Crippen LogP contribution in [0.4, 0.5) is 8.78 Å². The Bertz CT molecular complexity index is 6590. The van der Waals surface area contributed by atoms with Crippen molar-refractivity contribution in [3.8, 4) is 11.8 Å². The molecule has 10 heterocycles. The van der Waals surface area contributed by atoms with Crippen molar-refractivity contribution in [2.45, 2.75) is 162 Å². The predicted octanol–water partition coefficient (Wildman–Crippen LogP) is 17.6. The van der Waals surface area contributed by atoms with E-state index in [0.29, 0.717) is 105 Å². The van der Waals surface area contributed by atoms with Crippen LogP contribution >= 0.6 is 23.2 Å². The fraction of sp³-hybridized carbons (Fsp3) is 0.316. The smallest absolute Gasteiger partial charge is 0.336 e. The van der Waals surface area contributed by atoms with E-state index in [1.165, 1.54) is 129 Å². The molecule has 0 bridgehead atoms. The van der Waals surface area contributed by atoms with Gasteiger partial charge in [0.1, 0.15) is 18.2 Å². The maximum absolute atomic E-state index is 13.9. The number of aromatic nitrogens is 15. The SMILES string of the molecule is CCC(O)Cn1nc(Cc2cnccc2C(=O)O)c2cc(F)ccc21.CCCn1nc(Cc2cnccc2C(=O)O)c2cccc(C)c21.CN(C)CC#CCn1nc(Cc2cnccc2C(=O)O)c2cc(Cl)ccc21.CNCCCCCn1nc(Cc2cnccc2C(=O)O)c2cc(Cl)ccc21.O=C(O)c1ccncc1Cc1nn(CCC2CCCCC2)c2ccc(F)cc12. The molecule has 0 spiro atoms. The number of hydrogen-bond acceptors (Lipinski definition) is 18. The molecule has 32 heteroatoms. The third-order valence-corrected chi connectivity index (χ3v) is 22.9. The van der Waals surface area contributed by atoms with Crippen molar-refractivity contribution in [2.75, 3.05) is 34.2 Å². The largest absolute Gasteiger partial charge is 0.478 e. The maximum Gasteiger partial charge on any atom is 0.336 e. The summed E-state index contributed by atoms with van der Waals surface area (Å²) in [7, 11) is 5.89. The predicted molar refractivity (Wildman–Crippen MR) is 495 cm³/mol. The maximum atomic E-state index is 13.9. The first-order valence-corrected chi connectivity index (χ1v) is 43.8. The summed E-state index contributed by atoms with van der Waals surface area (Å²) in [6.07, 6.45) is 28.8. The van der Waals surface area contributed by atoms with Gasteiger partial charge in [-0.1, -0.05) is 106 Å². The van der Waals surface area contributed by atoms with Crippen molar-refractivity contribution in [2.24, 2.45) is 5.92 Å². The minimum absolute atomic E-state index is 0.141. The van der Waals surface area contributed by atoms with Crippen molar-refractivity contribution in [3.05, 3.63) is 295 Å². The van der Waals surface area contributed by atoms with Crippen LogP contribution in [0.1, 0.15) is 198 Å². The normalized spacial score (nSPS) is 12.2. The molecule has 16 rings (SSSR count). The van der Waals surface area contributed by atoms with Gasteiger partial charge in [-0.05, 0) is 209 Å². The Labute approximate surface area is 759 Å². The van der Waals surface area contributed by atoms with Gasteiger partial charge in [-0.2, -0.15) is 25.5 Å². The number of pyridine rings is 5. The Kier molecular flexibility index (Phi) is 33.7. The molecule has 1 aliphatic rings. The van der Waals surface area contributed by atoms with Crippen molar-refractivity contribution >= 4 is 108 Å². The van der Waals surface area contributed by atoms with Gasteiger partial charge in [-0.15, -0.1) is 0 Å². The Morgan fingerprint density at radius 1 is 0.469 bits per heavy atom. The van der Waals surface area contributed by atoms with E-state index >= 15 is 0 Å². The number of carboxylic acid groups (broad SMARTS) is 5. The van der Waals surface area contributed by atoms with Crippen LogP contribution in [-0.4, -0.2) is 180 Å². The number of carbonyl (C=O) groups is 5. The lowest BCUT2D eigenvalue weighted by molar-refractivity contribution is 0.0684. The first-order chi connectivity index (χ1) is 62.8. The molecule has 1 atom stereocenters. The number of carboxylic acids is 5. The number of halogens is 4. The molecule has 0 saturated heterocycles. The highest BCUT2D eigenvalue weighted by Gasteiger charge is 2.25. The van der Waals surface area contributed by atoms with Crippen LogP contribution in [-0.2, 0) is 64.8 Å². The van der Waals surface area contributed by atoms with Crippen molar-refractivity contribution in [1.82, 2.24) is 84.0 Å². The van der Waals surface area contributed by atoms with E-state index in [4.69, 9.17) is 38.5 Å². The summed E-state index contributed by atoms with van der Waals surface area (Å²) in [4.78, 5) is 79.4. The van der Waals surface area contributed by atoms with Gasteiger partial charge in [0.15, 0.2) is 0 Å². The average Bonchev–Trinajstić information content (AvgIpc) is 1.65. The Hall–Kier alpha value is -13.6. The zero-order valence-electron chi connectivity index (χ0n) is 73.1. The van der Waals surface area contributed by atoms with E-state index in [9.17, 15) is 63.4 Å². The van der Waals surface area contributed by atoms with Crippen LogP contribution in [0, 0.1) is 36.3 Å². The summed E-state index contributed by atoms with van der Waals surface area (Å²) >= 11 is 12.4. The van der Waals surface area contributed by atoms with Crippen LogP contribution in [0.2, 0.25) is 10.0 Å². The van der Waals surface area contributed by atoms with Crippen molar-refractivity contribution in [1.29, 1.82) is 0 Å². The third-order valence-electron chi connectivity index (χ3n) is 22.5. The van der Waals surface area contributed by atoms with Crippen LogP contribution in [0.15, 0.2) is 183 Å². The second kappa shape index (κ2) is 45.9. The molecule has 130 heavy (non-hydrogen) atoms. The molecule has 0 radical (unpaired) electrons. The van der Waals surface area contributed by atoms with E-state index in [1.807, 2.05) is 100 Å². The van der Waals surface area contributed by atoms with Gasteiger partial charge in [0, 0.05) is 151 Å². The average molecular weight is 1800 g/mol. The van der Waals surface area contributed by atoms with Crippen LogP contribution < -0.4 is 5.32 Å². The topological polar surface area (TPSA) is 376 Å². The van der Waals surface area contributed by atoms with Gasteiger partial charge in [-0.25, -0.2) is 32.8 Å². The van der Waals surface area contributed by atoms with Gasteiger partial charge >= 0.3 is 29.8 Å². The number of fused-ring (bicyclic) bond motifs is 5. The zero-order valence-corrected chi connectivity index (χ0v) is 74.6. The number of nitrogens with one attached hydrogen (secondary N) is 1. The Balaban J connectivity index is 0.000000147. The number of nitrogens with zero attached hydrogens (tertiary/aromatic N) is 16. The quantitative estimate of drug-likeness (QED) is 0.0157. The number of aryl methyl sites for hydroxylation is 4. The zero-order chi connectivity index (χ0) is 92.5. The molecule has 674 valence electrons. The molecular formula is C98H103Cl2F2N17O11. The number of para-hydroxylation sites is 1. The number of rotatable bonds is 31. The van der Waals surface area contributed by atoms with Gasteiger partial charge in [-0.3, -0.25) is 53.2 Å². The first-order valence-electron chi connectivity index (χ1n) is 43.1. The van der Waals surface area contributed by atoms with E-state index in [-0.39, 0.29) is 46.6 Å². The molecule has 10 aromatic heterocycles. The van der Waals surface area contributed by atoms with E-state index in [2.05, 4.69) is 72.2 Å². The molecule has 0 amide bonds. The van der Waals surface area contributed by atoms with Crippen molar-refractivity contribution in [3.63, 3.8) is 0 Å². The van der Waals surface area contributed by atoms with E-state index in [0.717, 1.165) is 125 Å². The number of benzene rings is 5. The number of aromatic carboxylic acids is 5. The molecule has 5 aromatic carbocycles. The lowest BCUT2D eigenvalue weighted by Crippen LogP contribution is -2.15. The highest BCUT2D eigenvalue weighted by atomic mass is 35.5. The fourth-order valence-electron chi connectivity index (χ4n) is 16.0. The summed E-state index contributed by atoms with van der Waals surface area (Å²) in [6.45, 7) is 11.0. The van der Waals surface area contributed by atoms with Gasteiger partial charge in [0.05, 0.1) is 103 Å². The number of aliphatic hydroxyl groups is 1. The Morgan fingerprint density at radius 3 is 1.28 bits per heavy atom. The molecule has 0 aliphatic heterocycles. The van der Waals surface area contributed by atoms with Crippen molar-refractivity contribution < 1.29 is 63.4 Å². The monoisotopic (exact) mass is 1800 g/mol. The number of hydrogen-bond donors (Lipinski definition) is 7. The van der Waals surface area contributed by atoms with E-state index in [1.54, 1.807) is 41.6 Å². The number of unbranched alkanes of at least 4 members (excludes halogenated alkanes) is 2. The van der Waals surface area contributed by atoms with Crippen LogP contribution in [0.25, 0.3) is 54.5 Å². The highest BCUT2D eigenvalue weighted by molar-refractivity contribution is 6.31. The summed E-state index contributed by atoms with van der Waals surface area (Å²) in [5.41, 5.74) is 13.7. The molecule has 28 nitrogen and oxygen atoms in total. The second-order valence-electron chi connectivity index (χ2n) is 32.0. The van der Waals surface area contributed by atoms with Gasteiger partial charge in [0.25, 0.3) is 0 Å². The van der Waals surface area contributed by atoms with E-state index < -0.39 is 41.8 Å². The number of aliphatic hydroxyl groups excluding tert-OH is 1. The van der Waals surface area contributed by atoms with Crippen LogP contribution in [0.3, 0.4) is 0 Å². The molecule has 15 aromatic rings. The molecule has 7 N–H and O–H groups in total. The molecule has 1 fully saturated rings. The fourth-order valence-corrected chi connectivity index (χ4v) is 16.3. The summed E-state index contributed by atoms with van der Waals surface area (Å²) in [5.74, 6) is 1.31. The minimum atomic E-state index is -1.05. The van der Waals surface area contributed by atoms with Gasteiger partial charge in [0.2, 0.25) is 0 Å². The minimum Gasteiger partial charge on any atom is -0.478 e. The third kappa shape index (κ3) is 24.8. The summed E-state index contributed by atoms with van der Waals surface area (Å²) < 4.78 is 37.0. The molecule has 1 unspecified atom stereocenters. The molecule has 1 aliphatic carbocycles. The summed E-state index contributed by atoms with van der Waals surface area (Å²) in [5, 5.41) is 88.8. The Morgan fingerprint density at radius 2 is 0.862 bits per heavy atom. The first kappa shape index (κ1) is 95.5. The van der Waals surface area contributed by atoms with Gasteiger partial charge < -0.3 is 36.0 Å². The molecule has 1 saturated carbocycles.